The molecule has 9 heteroatoms. The van der Waals surface area contributed by atoms with E-state index in [0.29, 0.717) is 23.5 Å². The lowest BCUT2D eigenvalue weighted by Gasteiger charge is -2.20. The molecule has 1 aromatic carbocycles. The molecule has 0 aliphatic rings. The number of carboxylic acids is 1. The van der Waals surface area contributed by atoms with E-state index in [4.69, 9.17) is 0 Å². The van der Waals surface area contributed by atoms with E-state index in [1.807, 2.05) is 4.90 Å². The first kappa shape index (κ1) is 22.2. The molecule has 0 fully saturated rings. The molecule has 0 bridgehead atoms. The number of hydrogen-bond acceptors (Lipinski definition) is 3. The van der Waals surface area contributed by atoms with Crippen molar-refractivity contribution >= 4 is 21.9 Å². The molecule has 2 rings (SSSR count). The molecule has 0 saturated heterocycles. The molecule has 152 valence electrons. The van der Waals surface area contributed by atoms with Gasteiger partial charge in [-0.3, -0.25) is 9.36 Å². The predicted molar refractivity (Wildman–Crippen MR) is 102 cm³/mol. The van der Waals surface area contributed by atoms with Gasteiger partial charge >= 0.3 is 12.1 Å². The number of carboxylic acid groups (broad SMARTS) is 1. The van der Waals surface area contributed by atoms with Crippen LogP contribution < -0.4 is 5.56 Å². The van der Waals surface area contributed by atoms with E-state index in [1.54, 1.807) is 26.2 Å². The molecule has 0 spiro atoms. The summed E-state index contributed by atoms with van der Waals surface area (Å²) >= 11 is 3.24. The molecule has 0 aliphatic heterocycles. The normalized spacial score (nSPS) is 13.0. The number of rotatable bonds is 7. The summed E-state index contributed by atoms with van der Waals surface area (Å²) in [6.45, 7) is 0.560. The van der Waals surface area contributed by atoms with Crippen molar-refractivity contribution in [2.45, 2.75) is 25.1 Å². The van der Waals surface area contributed by atoms with E-state index in [0.717, 1.165) is 10.8 Å². The Hall–Kier alpha value is -2.13. The Morgan fingerprint density at radius 2 is 1.96 bits per heavy atom. The minimum atomic E-state index is -4.69. The van der Waals surface area contributed by atoms with Gasteiger partial charge in [0.15, 0.2) is 6.04 Å². The maximum Gasteiger partial charge on any atom is 0.416 e. The number of aliphatic carboxylic acids is 1. The molecule has 1 atom stereocenters. The minimum Gasteiger partial charge on any atom is -0.479 e. The monoisotopic (exact) mass is 460 g/mol. The second kappa shape index (κ2) is 8.91. The summed E-state index contributed by atoms with van der Waals surface area (Å²) in [4.78, 5) is 26.1. The van der Waals surface area contributed by atoms with E-state index >= 15 is 0 Å². The van der Waals surface area contributed by atoms with Crippen LogP contribution in [0.25, 0.3) is 0 Å². The Morgan fingerprint density at radius 3 is 2.50 bits per heavy atom. The zero-order valence-electron chi connectivity index (χ0n) is 15.3. The fourth-order valence-electron chi connectivity index (χ4n) is 2.94. The zero-order valence-corrected chi connectivity index (χ0v) is 16.9. The Morgan fingerprint density at radius 1 is 1.29 bits per heavy atom. The van der Waals surface area contributed by atoms with Crippen molar-refractivity contribution in [3.8, 4) is 0 Å². The third-order valence-electron chi connectivity index (χ3n) is 4.20. The molecular weight excluding hydrogens is 441 g/mol. The summed E-state index contributed by atoms with van der Waals surface area (Å²) in [5, 5.41) is 9.66. The molecule has 1 aromatic heterocycles. The summed E-state index contributed by atoms with van der Waals surface area (Å²) in [6, 6.07) is 5.37. The van der Waals surface area contributed by atoms with Crippen LogP contribution in [0.1, 0.15) is 29.2 Å². The highest BCUT2D eigenvalue weighted by Crippen LogP contribution is 2.32. The number of aromatic nitrogens is 1. The van der Waals surface area contributed by atoms with Crippen LogP contribution in [-0.2, 0) is 17.4 Å². The summed E-state index contributed by atoms with van der Waals surface area (Å²) in [7, 11) is 3.61. The first-order valence-electron chi connectivity index (χ1n) is 8.46. The molecule has 0 aliphatic carbocycles. The predicted octanol–water partition coefficient (Wildman–Crippen LogP) is 3.80. The zero-order chi connectivity index (χ0) is 21.1. The number of hydrogen-bond donors (Lipinski definition) is 1. The Balaban J connectivity index is 2.58. The van der Waals surface area contributed by atoms with Crippen molar-refractivity contribution in [3.63, 3.8) is 0 Å². The van der Waals surface area contributed by atoms with Gasteiger partial charge in [-0.2, -0.15) is 13.2 Å². The number of benzene rings is 1. The second-order valence-corrected chi connectivity index (χ2v) is 7.57. The van der Waals surface area contributed by atoms with Gasteiger partial charge in [0.05, 0.1) is 5.56 Å². The van der Waals surface area contributed by atoms with E-state index in [1.165, 1.54) is 12.1 Å². The third kappa shape index (κ3) is 5.45. The molecule has 2 aromatic rings. The lowest BCUT2D eigenvalue weighted by molar-refractivity contribution is -0.139. The van der Waals surface area contributed by atoms with Gasteiger partial charge in [0.2, 0.25) is 0 Å². The largest absolute Gasteiger partial charge is 0.479 e. The SMILES string of the molecule is CN(C)CCCc1cn(C(C(=O)O)c2cccc(Br)c2)c(=O)cc1C(F)(F)F. The summed E-state index contributed by atoms with van der Waals surface area (Å²) in [6.07, 6.45) is -3.16. The van der Waals surface area contributed by atoms with Gasteiger partial charge in [0.25, 0.3) is 5.56 Å². The lowest BCUT2D eigenvalue weighted by atomic mass is 10.0. The van der Waals surface area contributed by atoms with Crippen LogP contribution in [0.2, 0.25) is 0 Å². The number of alkyl halides is 3. The van der Waals surface area contributed by atoms with Gasteiger partial charge < -0.3 is 10.0 Å². The number of aryl methyl sites for hydroxylation is 1. The minimum absolute atomic E-state index is 0.0676. The Bertz CT molecular complexity index is 910. The van der Waals surface area contributed by atoms with E-state index in [9.17, 15) is 27.9 Å². The van der Waals surface area contributed by atoms with Crippen molar-refractivity contribution < 1.29 is 23.1 Å². The van der Waals surface area contributed by atoms with Crippen LogP contribution in [0.3, 0.4) is 0 Å². The van der Waals surface area contributed by atoms with Crippen molar-refractivity contribution in [1.29, 1.82) is 0 Å². The van der Waals surface area contributed by atoms with Gasteiger partial charge in [-0.1, -0.05) is 28.1 Å². The van der Waals surface area contributed by atoms with Crippen molar-refractivity contribution in [2.24, 2.45) is 0 Å². The Labute approximate surface area is 168 Å². The van der Waals surface area contributed by atoms with Crippen molar-refractivity contribution in [1.82, 2.24) is 9.47 Å². The molecule has 5 nitrogen and oxygen atoms in total. The molecule has 28 heavy (non-hydrogen) atoms. The Kier molecular flexibility index (Phi) is 7.06. The highest BCUT2D eigenvalue weighted by molar-refractivity contribution is 9.10. The fourth-order valence-corrected chi connectivity index (χ4v) is 3.36. The van der Waals surface area contributed by atoms with Crippen LogP contribution in [0, 0.1) is 0 Å². The summed E-state index contributed by atoms with van der Waals surface area (Å²) < 4.78 is 41.7. The van der Waals surface area contributed by atoms with Gasteiger partial charge in [-0.15, -0.1) is 0 Å². The highest BCUT2D eigenvalue weighted by atomic mass is 79.9. The average molecular weight is 461 g/mol. The molecular formula is C19H20BrF3N2O3. The average Bonchev–Trinajstić information content (AvgIpc) is 2.55. The first-order valence-corrected chi connectivity index (χ1v) is 9.25. The van der Waals surface area contributed by atoms with Gasteiger partial charge in [0.1, 0.15) is 0 Å². The number of halogens is 4. The molecule has 0 amide bonds. The van der Waals surface area contributed by atoms with Crippen molar-refractivity contribution in [3.05, 3.63) is 68.0 Å². The molecule has 1 N–H and O–H groups in total. The highest BCUT2D eigenvalue weighted by Gasteiger charge is 2.35. The van der Waals surface area contributed by atoms with Crippen LogP contribution in [0.4, 0.5) is 13.2 Å². The van der Waals surface area contributed by atoms with Crippen LogP contribution >= 0.6 is 15.9 Å². The number of pyridine rings is 1. The molecule has 1 heterocycles. The maximum atomic E-state index is 13.4. The van der Waals surface area contributed by atoms with E-state index < -0.39 is 29.3 Å². The van der Waals surface area contributed by atoms with E-state index in [2.05, 4.69) is 15.9 Å². The maximum absolute atomic E-state index is 13.4. The van der Waals surface area contributed by atoms with Crippen molar-refractivity contribution in [2.75, 3.05) is 20.6 Å². The quantitative estimate of drug-likeness (QED) is 0.682. The number of carbonyl (C=O) groups is 1. The summed E-state index contributed by atoms with van der Waals surface area (Å²) in [5.74, 6) is -1.33. The molecule has 0 saturated carbocycles. The summed E-state index contributed by atoms with van der Waals surface area (Å²) in [5.41, 5.74) is -1.86. The topological polar surface area (TPSA) is 62.5 Å². The first-order chi connectivity index (χ1) is 13.0. The van der Waals surface area contributed by atoms with E-state index in [-0.39, 0.29) is 17.5 Å². The smallest absolute Gasteiger partial charge is 0.416 e. The van der Waals surface area contributed by atoms with Crippen LogP contribution in [0.5, 0.6) is 0 Å². The standard InChI is InChI=1S/C19H20BrF3N2O3/c1-24(2)8-4-6-13-11-25(16(26)10-15(13)19(21,22)23)17(18(27)28)12-5-3-7-14(20)9-12/h3,5,7,9-11,17H,4,6,8H2,1-2H3,(H,27,28). The lowest BCUT2D eigenvalue weighted by Crippen LogP contribution is -2.32. The second-order valence-electron chi connectivity index (χ2n) is 6.66. The molecule has 1 unspecified atom stereocenters. The van der Waals surface area contributed by atoms with Gasteiger partial charge in [-0.25, -0.2) is 4.79 Å². The molecule has 0 radical (unpaired) electrons. The van der Waals surface area contributed by atoms with Crippen LogP contribution in [0.15, 0.2) is 45.8 Å². The third-order valence-corrected chi connectivity index (χ3v) is 4.69. The van der Waals surface area contributed by atoms with Gasteiger partial charge in [0, 0.05) is 16.7 Å². The van der Waals surface area contributed by atoms with Gasteiger partial charge in [-0.05, 0) is 56.7 Å². The number of nitrogens with zero attached hydrogens (tertiary/aromatic N) is 2. The fraction of sp³-hybridized carbons (Fsp3) is 0.368. The van der Waals surface area contributed by atoms with Crippen LogP contribution in [-0.4, -0.2) is 41.2 Å².